The number of rotatable bonds is 6. The number of alkyl carbamates (subject to hydrolysis) is 1. The molecule has 0 radical (unpaired) electrons. The van der Waals surface area contributed by atoms with Crippen LogP contribution in [0.5, 0.6) is 0 Å². The first-order chi connectivity index (χ1) is 9.24. The number of nitrogens with one attached hydrogen (secondary N) is 1. The summed E-state index contributed by atoms with van der Waals surface area (Å²) in [6.07, 6.45) is 3.05. The highest BCUT2D eigenvalue weighted by Gasteiger charge is 2.00. The Balaban J connectivity index is 0.00000154. The fourth-order valence-corrected chi connectivity index (χ4v) is 1.55. The summed E-state index contributed by atoms with van der Waals surface area (Å²) in [6.45, 7) is 6.45. The average Bonchev–Trinajstić information content (AvgIpc) is 2.45. The Labute approximate surface area is 115 Å². The molecule has 0 aliphatic rings. The van der Waals surface area contributed by atoms with Crippen LogP contribution in [0.1, 0.15) is 17.5 Å². The van der Waals surface area contributed by atoms with Crippen molar-refractivity contribution in [2.24, 2.45) is 5.73 Å². The molecule has 0 unspecified atom stereocenters. The summed E-state index contributed by atoms with van der Waals surface area (Å²) in [5.41, 5.74) is 7.12. The number of carbonyl (C=O) groups is 1. The molecule has 0 aliphatic heterocycles. The number of carbonyl (C=O) groups excluding carboxylic acids is 1. The van der Waals surface area contributed by atoms with Crippen LogP contribution in [-0.4, -0.2) is 26.3 Å². The van der Waals surface area contributed by atoms with Gasteiger partial charge in [0, 0.05) is 6.54 Å². The summed E-state index contributed by atoms with van der Waals surface area (Å²) in [6, 6.07) is 8.28. The average molecular weight is 264 g/mol. The third kappa shape index (κ3) is 8.00. The Morgan fingerprint density at radius 2 is 2.11 bits per heavy atom. The van der Waals surface area contributed by atoms with E-state index < -0.39 is 0 Å². The molecule has 0 saturated carbocycles. The normalized spacial score (nSPS) is 9.00. The molecule has 106 valence electrons. The van der Waals surface area contributed by atoms with Gasteiger partial charge in [0.2, 0.25) is 0 Å². The van der Waals surface area contributed by atoms with Crippen LogP contribution in [0.25, 0.3) is 0 Å². The second-order valence-corrected chi connectivity index (χ2v) is 3.84. The van der Waals surface area contributed by atoms with Crippen LogP contribution < -0.4 is 11.1 Å². The van der Waals surface area contributed by atoms with Gasteiger partial charge in [0.15, 0.2) is 0 Å². The molecule has 0 atom stereocenters. The number of ether oxygens (including phenoxy) is 1. The molecule has 19 heavy (non-hydrogen) atoms. The van der Waals surface area contributed by atoms with Gasteiger partial charge in [-0.05, 0) is 37.9 Å². The van der Waals surface area contributed by atoms with Crippen LogP contribution in [-0.2, 0) is 11.2 Å². The Morgan fingerprint density at radius 1 is 1.42 bits per heavy atom. The SMILES string of the molecule is C=CCOC(=O)NCCCc1ccccc1C.CN. The number of amides is 1. The highest BCUT2D eigenvalue weighted by Crippen LogP contribution is 2.08. The van der Waals surface area contributed by atoms with Crippen molar-refractivity contribution in [1.29, 1.82) is 0 Å². The van der Waals surface area contributed by atoms with Gasteiger partial charge < -0.3 is 15.8 Å². The maximum atomic E-state index is 11.1. The van der Waals surface area contributed by atoms with Gasteiger partial charge in [0.05, 0.1) is 0 Å². The standard InChI is InChI=1S/C14H19NO2.CH5N/c1-3-11-17-14(16)15-10-6-9-13-8-5-4-7-12(13)2;1-2/h3-5,7-8H,1,6,9-11H2,2H3,(H,15,16);2H2,1H3. The maximum Gasteiger partial charge on any atom is 0.407 e. The van der Waals surface area contributed by atoms with Gasteiger partial charge >= 0.3 is 6.09 Å². The molecular formula is C15H24N2O2. The monoisotopic (exact) mass is 264 g/mol. The van der Waals surface area contributed by atoms with Crippen molar-refractivity contribution in [2.75, 3.05) is 20.2 Å². The van der Waals surface area contributed by atoms with E-state index in [9.17, 15) is 4.79 Å². The fourth-order valence-electron chi connectivity index (χ4n) is 1.55. The van der Waals surface area contributed by atoms with Crippen LogP contribution in [0.15, 0.2) is 36.9 Å². The van der Waals surface area contributed by atoms with Crippen LogP contribution in [0, 0.1) is 6.92 Å². The van der Waals surface area contributed by atoms with Crippen molar-refractivity contribution in [3.63, 3.8) is 0 Å². The van der Waals surface area contributed by atoms with Gasteiger partial charge in [-0.15, -0.1) is 0 Å². The van der Waals surface area contributed by atoms with Gasteiger partial charge in [-0.25, -0.2) is 4.79 Å². The Hall–Kier alpha value is -1.81. The third-order valence-electron chi connectivity index (χ3n) is 2.49. The van der Waals surface area contributed by atoms with E-state index in [1.54, 1.807) is 6.08 Å². The lowest BCUT2D eigenvalue weighted by Crippen LogP contribution is -2.25. The minimum Gasteiger partial charge on any atom is -0.445 e. The molecule has 0 aliphatic carbocycles. The topological polar surface area (TPSA) is 64.3 Å². The van der Waals surface area contributed by atoms with Crippen molar-refractivity contribution < 1.29 is 9.53 Å². The van der Waals surface area contributed by atoms with Crippen LogP contribution >= 0.6 is 0 Å². The molecule has 0 spiro atoms. The molecule has 0 fully saturated rings. The molecule has 0 saturated heterocycles. The molecular weight excluding hydrogens is 240 g/mol. The van der Waals surface area contributed by atoms with Crippen molar-refractivity contribution in [1.82, 2.24) is 5.32 Å². The van der Waals surface area contributed by atoms with Gasteiger partial charge in [-0.3, -0.25) is 0 Å². The molecule has 1 aromatic carbocycles. The fraction of sp³-hybridized carbons (Fsp3) is 0.400. The third-order valence-corrected chi connectivity index (χ3v) is 2.49. The summed E-state index contributed by atoms with van der Waals surface area (Å²) in [4.78, 5) is 11.1. The van der Waals surface area contributed by atoms with Gasteiger partial charge in [-0.1, -0.05) is 36.9 Å². The predicted octanol–water partition coefficient (Wildman–Crippen LogP) is 2.41. The number of hydrogen-bond acceptors (Lipinski definition) is 3. The molecule has 0 bridgehead atoms. The number of benzene rings is 1. The zero-order chi connectivity index (χ0) is 14.5. The van der Waals surface area contributed by atoms with Crippen LogP contribution in [0.3, 0.4) is 0 Å². The first-order valence-corrected chi connectivity index (χ1v) is 6.38. The van der Waals surface area contributed by atoms with Crippen molar-refractivity contribution in [3.05, 3.63) is 48.0 Å². The largest absolute Gasteiger partial charge is 0.445 e. The number of nitrogens with two attached hydrogens (primary N) is 1. The molecule has 1 aromatic rings. The predicted molar refractivity (Wildman–Crippen MR) is 79.2 cm³/mol. The Bertz CT molecular complexity index is 378. The van der Waals surface area contributed by atoms with E-state index in [1.807, 2.05) is 12.1 Å². The lowest BCUT2D eigenvalue weighted by Gasteiger charge is -2.07. The summed E-state index contributed by atoms with van der Waals surface area (Å²) in [5.74, 6) is 0. The number of aryl methyl sites for hydroxylation is 2. The minimum absolute atomic E-state index is 0.254. The van der Waals surface area contributed by atoms with E-state index in [4.69, 9.17) is 4.74 Å². The van der Waals surface area contributed by atoms with E-state index in [0.717, 1.165) is 12.8 Å². The molecule has 1 amide bonds. The molecule has 4 nitrogen and oxygen atoms in total. The molecule has 0 heterocycles. The van der Waals surface area contributed by atoms with Crippen molar-refractivity contribution in [3.8, 4) is 0 Å². The summed E-state index contributed by atoms with van der Waals surface area (Å²) < 4.78 is 4.80. The van der Waals surface area contributed by atoms with Gasteiger partial charge in [0.1, 0.15) is 6.61 Å². The van der Waals surface area contributed by atoms with Gasteiger partial charge in [-0.2, -0.15) is 0 Å². The van der Waals surface area contributed by atoms with Crippen molar-refractivity contribution >= 4 is 6.09 Å². The smallest absolute Gasteiger partial charge is 0.407 e. The summed E-state index contributed by atoms with van der Waals surface area (Å²) in [5, 5.41) is 2.70. The Morgan fingerprint density at radius 3 is 2.74 bits per heavy atom. The zero-order valence-corrected chi connectivity index (χ0v) is 11.8. The van der Waals surface area contributed by atoms with Crippen LogP contribution in [0.4, 0.5) is 4.79 Å². The first kappa shape index (κ1) is 17.2. The van der Waals surface area contributed by atoms with E-state index in [-0.39, 0.29) is 12.7 Å². The zero-order valence-electron chi connectivity index (χ0n) is 11.8. The van der Waals surface area contributed by atoms with E-state index >= 15 is 0 Å². The molecule has 3 N–H and O–H groups in total. The maximum absolute atomic E-state index is 11.1. The summed E-state index contributed by atoms with van der Waals surface area (Å²) in [7, 11) is 1.50. The van der Waals surface area contributed by atoms with E-state index in [0.29, 0.717) is 6.54 Å². The number of hydrogen-bond donors (Lipinski definition) is 2. The summed E-state index contributed by atoms with van der Waals surface area (Å²) >= 11 is 0. The molecule has 1 rings (SSSR count). The van der Waals surface area contributed by atoms with Crippen molar-refractivity contribution in [2.45, 2.75) is 19.8 Å². The quantitative estimate of drug-likeness (QED) is 0.612. The second kappa shape index (κ2) is 11.3. The first-order valence-electron chi connectivity index (χ1n) is 6.38. The lowest BCUT2D eigenvalue weighted by molar-refractivity contribution is 0.158. The highest BCUT2D eigenvalue weighted by atomic mass is 16.5. The Kier molecular flexibility index (Phi) is 10.2. The van der Waals surface area contributed by atoms with E-state index in [1.165, 1.54) is 18.2 Å². The van der Waals surface area contributed by atoms with Gasteiger partial charge in [0.25, 0.3) is 0 Å². The lowest BCUT2D eigenvalue weighted by atomic mass is 10.0. The minimum atomic E-state index is -0.380. The van der Waals surface area contributed by atoms with E-state index in [2.05, 4.69) is 36.7 Å². The second-order valence-electron chi connectivity index (χ2n) is 3.84. The van der Waals surface area contributed by atoms with Crippen LogP contribution in [0.2, 0.25) is 0 Å². The molecule has 0 aromatic heterocycles. The molecule has 4 heteroatoms. The highest BCUT2D eigenvalue weighted by molar-refractivity contribution is 5.67.